The van der Waals surface area contributed by atoms with Crippen LogP contribution in [0.15, 0.2) is 18.2 Å². The lowest BCUT2D eigenvalue weighted by Gasteiger charge is -2.26. The summed E-state index contributed by atoms with van der Waals surface area (Å²) in [5.41, 5.74) is 1.43. The third kappa shape index (κ3) is 4.10. The number of methoxy groups -OCH3 is 1. The standard InChI is InChI=1S/C14H22FNO/c1-10-6-7-12(8-13(10)15)11(2)16-9-14(3,4)17-5/h6-8,11,16H,9H2,1-5H3. The second kappa shape index (κ2) is 5.61. The molecule has 1 N–H and O–H groups in total. The Bertz CT molecular complexity index is 376. The Morgan fingerprint density at radius 3 is 2.59 bits per heavy atom. The molecule has 0 heterocycles. The maximum Gasteiger partial charge on any atom is 0.126 e. The van der Waals surface area contributed by atoms with Crippen molar-refractivity contribution in [3.05, 3.63) is 35.1 Å². The average Bonchev–Trinajstić information content (AvgIpc) is 2.30. The lowest BCUT2D eigenvalue weighted by molar-refractivity contribution is 0.0214. The zero-order valence-electron chi connectivity index (χ0n) is 11.3. The minimum Gasteiger partial charge on any atom is -0.377 e. The van der Waals surface area contributed by atoms with Crippen molar-refractivity contribution in [1.29, 1.82) is 0 Å². The molecule has 1 aromatic carbocycles. The molecular formula is C14H22FNO. The molecule has 96 valence electrons. The first-order valence-electron chi connectivity index (χ1n) is 5.90. The number of nitrogens with one attached hydrogen (secondary N) is 1. The van der Waals surface area contributed by atoms with E-state index < -0.39 is 0 Å². The molecular weight excluding hydrogens is 217 g/mol. The van der Waals surface area contributed by atoms with E-state index in [1.54, 1.807) is 20.1 Å². The molecule has 0 spiro atoms. The van der Waals surface area contributed by atoms with Crippen molar-refractivity contribution in [2.45, 2.75) is 39.3 Å². The minimum atomic E-state index is -0.211. The van der Waals surface area contributed by atoms with Crippen LogP contribution in [0.3, 0.4) is 0 Å². The number of ether oxygens (including phenoxy) is 1. The van der Waals surface area contributed by atoms with E-state index in [9.17, 15) is 4.39 Å². The van der Waals surface area contributed by atoms with Gasteiger partial charge in [0, 0.05) is 19.7 Å². The van der Waals surface area contributed by atoms with Gasteiger partial charge in [-0.25, -0.2) is 4.39 Å². The van der Waals surface area contributed by atoms with Crippen molar-refractivity contribution in [3.8, 4) is 0 Å². The number of rotatable bonds is 5. The van der Waals surface area contributed by atoms with Crippen LogP contribution in [0.5, 0.6) is 0 Å². The van der Waals surface area contributed by atoms with Crippen LogP contribution >= 0.6 is 0 Å². The molecule has 1 atom stereocenters. The first kappa shape index (κ1) is 14.1. The van der Waals surface area contributed by atoms with Gasteiger partial charge >= 0.3 is 0 Å². The molecule has 0 aliphatic heterocycles. The van der Waals surface area contributed by atoms with Gasteiger partial charge < -0.3 is 10.1 Å². The maximum absolute atomic E-state index is 13.4. The Hall–Kier alpha value is -0.930. The van der Waals surface area contributed by atoms with Crippen LogP contribution in [0.1, 0.15) is 37.9 Å². The van der Waals surface area contributed by atoms with Gasteiger partial charge in [-0.15, -0.1) is 0 Å². The molecule has 0 bridgehead atoms. The van der Waals surface area contributed by atoms with E-state index in [4.69, 9.17) is 4.74 Å². The summed E-state index contributed by atoms with van der Waals surface area (Å²) in [4.78, 5) is 0. The van der Waals surface area contributed by atoms with Crippen LogP contribution in [0.25, 0.3) is 0 Å². The molecule has 0 amide bonds. The van der Waals surface area contributed by atoms with Gasteiger partial charge in [0.2, 0.25) is 0 Å². The van der Waals surface area contributed by atoms with Gasteiger partial charge in [0.05, 0.1) is 5.60 Å². The second-order valence-electron chi connectivity index (χ2n) is 5.08. The molecule has 0 saturated carbocycles. The van der Waals surface area contributed by atoms with Gasteiger partial charge in [-0.2, -0.15) is 0 Å². The van der Waals surface area contributed by atoms with Gasteiger partial charge in [0.1, 0.15) is 5.82 Å². The Morgan fingerprint density at radius 2 is 2.06 bits per heavy atom. The van der Waals surface area contributed by atoms with E-state index in [0.29, 0.717) is 5.56 Å². The summed E-state index contributed by atoms with van der Waals surface area (Å²) in [6, 6.07) is 5.46. The van der Waals surface area contributed by atoms with Gasteiger partial charge in [0.15, 0.2) is 0 Å². The molecule has 1 unspecified atom stereocenters. The summed E-state index contributed by atoms with van der Waals surface area (Å²) in [5, 5.41) is 3.35. The Labute approximate surface area is 103 Å². The highest BCUT2D eigenvalue weighted by Crippen LogP contribution is 2.17. The third-order valence-electron chi connectivity index (χ3n) is 3.08. The molecule has 1 rings (SSSR count). The van der Waals surface area contributed by atoms with E-state index in [-0.39, 0.29) is 17.5 Å². The van der Waals surface area contributed by atoms with Gasteiger partial charge in [-0.05, 0) is 44.9 Å². The summed E-state index contributed by atoms with van der Waals surface area (Å²) in [6.45, 7) is 8.55. The first-order chi connectivity index (χ1) is 7.85. The molecule has 2 nitrogen and oxygen atoms in total. The normalized spacial score (nSPS) is 13.8. The zero-order valence-corrected chi connectivity index (χ0v) is 11.3. The third-order valence-corrected chi connectivity index (χ3v) is 3.08. The Balaban J connectivity index is 2.64. The molecule has 3 heteroatoms. The number of benzene rings is 1. The summed E-state index contributed by atoms with van der Waals surface area (Å²) >= 11 is 0. The van der Waals surface area contributed by atoms with E-state index in [0.717, 1.165) is 12.1 Å². The molecule has 0 aliphatic carbocycles. The van der Waals surface area contributed by atoms with Gasteiger partial charge in [-0.3, -0.25) is 0 Å². The van der Waals surface area contributed by atoms with Crippen molar-refractivity contribution in [2.24, 2.45) is 0 Å². The van der Waals surface area contributed by atoms with Crippen LogP contribution in [0.2, 0.25) is 0 Å². The highest BCUT2D eigenvalue weighted by molar-refractivity contribution is 5.25. The molecule has 0 aromatic heterocycles. The molecule has 0 radical (unpaired) electrons. The monoisotopic (exact) mass is 239 g/mol. The van der Waals surface area contributed by atoms with E-state index in [1.807, 2.05) is 32.9 Å². The number of hydrogen-bond acceptors (Lipinski definition) is 2. The number of aryl methyl sites for hydroxylation is 1. The number of hydrogen-bond donors (Lipinski definition) is 1. The van der Waals surface area contributed by atoms with Crippen molar-refractivity contribution < 1.29 is 9.13 Å². The van der Waals surface area contributed by atoms with Crippen molar-refractivity contribution in [1.82, 2.24) is 5.32 Å². The fourth-order valence-corrected chi connectivity index (χ4v) is 1.47. The van der Waals surface area contributed by atoms with Crippen LogP contribution < -0.4 is 5.32 Å². The summed E-state index contributed by atoms with van der Waals surface area (Å²) in [6.07, 6.45) is 0. The predicted molar refractivity (Wildman–Crippen MR) is 68.6 cm³/mol. The Kier molecular flexibility index (Phi) is 4.66. The van der Waals surface area contributed by atoms with Crippen LogP contribution in [-0.2, 0) is 4.74 Å². The van der Waals surface area contributed by atoms with Crippen LogP contribution in [0.4, 0.5) is 4.39 Å². The zero-order chi connectivity index (χ0) is 13.1. The molecule has 17 heavy (non-hydrogen) atoms. The summed E-state index contributed by atoms with van der Waals surface area (Å²) in [5.74, 6) is -0.151. The van der Waals surface area contributed by atoms with Crippen molar-refractivity contribution in [2.75, 3.05) is 13.7 Å². The molecule has 1 aromatic rings. The Morgan fingerprint density at radius 1 is 1.41 bits per heavy atom. The topological polar surface area (TPSA) is 21.3 Å². The SMILES string of the molecule is COC(C)(C)CNC(C)c1ccc(C)c(F)c1. The highest BCUT2D eigenvalue weighted by Gasteiger charge is 2.17. The molecule has 0 fully saturated rings. The van der Waals surface area contributed by atoms with Crippen molar-refractivity contribution in [3.63, 3.8) is 0 Å². The average molecular weight is 239 g/mol. The maximum atomic E-state index is 13.4. The quantitative estimate of drug-likeness (QED) is 0.852. The lowest BCUT2D eigenvalue weighted by atomic mass is 10.0. The second-order valence-corrected chi connectivity index (χ2v) is 5.08. The van der Waals surface area contributed by atoms with E-state index in [1.165, 1.54) is 0 Å². The minimum absolute atomic E-state index is 0.111. The van der Waals surface area contributed by atoms with Crippen LogP contribution in [0, 0.1) is 12.7 Å². The predicted octanol–water partition coefficient (Wildman–Crippen LogP) is 3.21. The molecule has 0 saturated heterocycles. The lowest BCUT2D eigenvalue weighted by Crippen LogP contribution is -2.37. The first-order valence-corrected chi connectivity index (χ1v) is 5.90. The fraction of sp³-hybridized carbons (Fsp3) is 0.571. The largest absolute Gasteiger partial charge is 0.377 e. The highest BCUT2D eigenvalue weighted by atomic mass is 19.1. The van der Waals surface area contributed by atoms with Gasteiger partial charge in [-0.1, -0.05) is 12.1 Å². The molecule has 0 aliphatic rings. The van der Waals surface area contributed by atoms with E-state index >= 15 is 0 Å². The van der Waals surface area contributed by atoms with Crippen molar-refractivity contribution >= 4 is 0 Å². The summed E-state index contributed by atoms with van der Waals surface area (Å²) < 4.78 is 18.8. The van der Waals surface area contributed by atoms with E-state index in [2.05, 4.69) is 5.32 Å². The fourth-order valence-electron chi connectivity index (χ4n) is 1.47. The summed E-state index contributed by atoms with van der Waals surface area (Å²) in [7, 11) is 1.69. The van der Waals surface area contributed by atoms with Crippen LogP contribution in [-0.4, -0.2) is 19.3 Å². The van der Waals surface area contributed by atoms with Gasteiger partial charge in [0.25, 0.3) is 0 Å². The smallest absolute Gasteiger partial charge is 0.126 e. The number of halogens is 1.